The van der Waals surface area contributed by atoms with Gasteiger partial charge in [0.05, 0.1) is 0 Å². The second kappa shape index (κ2) is 4.61. The van der Waals surface area contributed by atoms with Crippen LogP contribution in [0.2, 0.25) is 0 Å². The molecule has 0 radical (unpaired) electrons. The summed E-state index contributed by atoms with van der Waals surface area (Å²) < 4.78 is 0. The third-order valence-electron chi connectivity index (χ3n) is 1.92. The summed E-state index contributed by atoms with van der Waals surface area (Å²) in [5.41, 5.74) is 12.9. The van der Waals surface area contributed by atoms with Gasteiger partial charge in [0.15, 0.2) is 0 Å². The van der Waals surface area contributed by atoms with Crippen LogP contribution in [0.4, 0.5) is 11.8 Å². The number of benzene rings is 1. The molecule has 0 saturated carbocycles. The van der Waals surface area contributed by atoms with E-state index in [2.05, 4.69) is 9.97 Å². The Morgan fingerprint density at radius 1 is 1.00 bits per heavy atom. The van der Waals surface area contributed by atoms with Gasteiger partial charge in [-0.25, -0.2) is 4.98 Å². The summed E-state index contributed by atoms with van der Waals surface area (Å²) in [5.74, 6) is 0.603. The van der Waals surface area contributed by atoms with Gasteiger partial charge in [-0.3, -0.25) is 0 Å². The second-order valence-electron chi connectivity index (χ2n) is 2.89. The highest BCUT2D eigenvalue weighted by Crippen LogP contribution is 2.22. The van der Waals surface area contributed by atoms with Crippen LogP contribution in [0.5, 0.6) is 0 Å². The highest BCUT2D eigenvalue weighted by molar-refractivity contribution is 5.85. The SMILES string of the molecule is Cl.Nc1ncc(-c2ccccc2)c(N)n1. The van der Waals surface area contributed by atoms with Crippen molar-refractivity contribution in [1.82, 2.24) is 9.97 Å². The van der Waals surface area contributed by atoms with Crippen molar-refractivity contribution in [3.63, 3.8) is 0 Å². The van der Waals surface area contributed by atoms with E-state index in [0.717, 1.165) is 11.1 Å². The summed E-state index contributed by atoms with van der Waals surface area (Å²) in [7, 11) is 0. The molecule has 2 aromatic rings. The summed E-state index contributed by atoms with van der Waals surface area (Å²) in [6, 6.07) is 9.71. The lowest BCUT2D eigenvalue weighted by Gasteiger charge is -2.03. The molecular formula is C10H11ClN4. The van der Waals surface area contributed by atoms with E-state index in [1.807, 2.05) is 30.3 Å². The summed E-state index contributed by atoms with van der Waals surface area (Å²) in [6.45, 7) is 0. The molecule has 0 aliphatic rings. The fraction of sp³-hybridized carbons (Fsp3) is 0. The minimum atomic E-state index is 0. The minimum Gasteiger partial charge on any atom is -0.383 e. The fourth-order valence-electron chi connectivity index (χ4n) is 1.25. The van der Waals surface area contributed by atoms with E-state index >= 15 is 0 Å². The number of nitrogens with zero attached hydrogens (tertiary/aromatic N) is 2. The molecule has 1 heterocycles. The fourth-order valence-corrected chi connectivity index (χ4v) is 1.25. The first-order valence-corrected chi connectivity index (χ1v) is 4.21. The maximum absolute atomic E-state index is 5.72. The van der Waals surface area contributed by atoms with Crippen molar-refractivity contribution in [2.75, 3.05) is 11.5 Å². The standard InChI is InChI=1S/C10H10N4.ClH/c11-9-8(6-13-10(12)14-9)7-4-2-1-3-5-7;/h1-6H,(H4,11,12,13,14);1H. The van der Waals surface area contributed by atoms with Gasteiger partial charge < -0.3 is 11.5 Å². The molecule has 78 valence electrons. The third-order valence-corrected chi connectivity index (χ3v) is 1.92. The van der Waals surface area contributed by atoms with Gasteiger partial charge in [-0.05, 0) is 5.56 Å². The number of hydrogen-bond acceptors (Lipinski definition) is 4. The van der Waals surface area contributed by atoms with E-state index < -0.39 is 0 Å². The molecule has 15 heavy (non-hydrogen) atoms. The number of halogens is 1. The lowest BCUT2D eigenvalue weighted by atomic mass is 10.1. The number of hydrogen-bond donors (Lipinski definition) is 2. The first-order chi connectivity index (χ1) is 6.77. The highest BCUT2D eigenvalue weighted by atomic mass is 35.5. The van der Waals surface area contributed by atoms with Gasteiger partial charge in [0, 0.05) is 11.8 Å². The highest BCUT2D eigenvalue weighted by Gasteiger charge is 2.03. The molecule has 5 heteroatoms. The average Bonchev–Trinajstić information content (AvgIpc) is 2.19. The Balaban J connectivity index is 0.00000112. The second-order valence-corrected chi connectivity index (χ2v) is 2.89. The molecular weight excluding hydrogens is 212 g/mol. The van der Waals surface area contributed by atoms with E-state index in [1.54, 1.807) is 6.20 Å². The van der Waals surface area contributed by atoms with Gasteiger partial charge in [-0.2, -0.15) is 4.98 Å². The van der Waals surface area contributed by atoms with Gasteiger partial charge in [0.1, 0.15) is 5.82 Å². The molecule has 1 aromatic carbocycles. The predicted octanol–water partition coefficient (Wildman–Crippen LogP) is 1.73. The van der Waals surface area contributed by atoms with Crippen LogP contribution in [0.15, 0.2) is 36.5 Å². The lowest BCUT2D eigenvalue weighted by Crippen LogP contribution is -2.00. The Morgan fingerprint density at radius 2 is 1.67 bits per heavy atom. The number of anilines is 2. The molecule has 4 N–H and O–H groups in total. The van der Waals surface area contributed by atoms with Crippen molar-refractivity contribution in [2.24, 2.45) is 0 Å². The smallest absolute Gasteiger partial charge is 0.221 e. The predicted molar refractivity (Wildman–Crippen MR) is 63.5 cm³/mol. The van der Waals surface area contributed by atoms with Crippen LogP contribution in [0, 0.1) is 0 Å². The molecule has 0 unspecified atom stereocenters. The molecule has 2 rings (SSSR count). The Hall–Kier alpha value is -1.81. The summed E-state index contributed by atoms with van der Waals surface area (Å²) in [6.07, 6.45) is 1.63. The summed E-state index contributed by atoms with van der Waals surface area (Å²) >= 11 is 0. The summed E-state index contributed by atoms with van der Waals surface area (Å²) in [4.78, 5) is 7.80. The van der Waals surface area contributed by atoms with Gasteiger partial charge in [-0.1, -0.05) is 30.3 Å². The van der Waals surface area contributed by atoms with E-state index in [0.29, 0.717) is 5.82 Å². The van der Waals surface area contributed by atoms with Crippen molar-refractivity contribution in [3.8, 4) is 11.1 Å². The molecule has 1 aromatic heterocycles. The van der Waals surface area contributed by atoms with Crippen LogP contribution in [0.3, 0.4) is 0 Å². The number of nitrogen functional groups attached to an aromatic ring is 2. The monoisotopic (exact) mass is 222 g/mol. The van der Waals surface area contributed by atoms with E-state index in [9.17, 15) is 0 Å². The minimum absolute atomic E-state index is 0. The van der Waals surface area contributed by atoms with Crippen molar-refractivity contribution < 1.29 is 0 Å². The zero-order valence-electron chi connectivity index (χ0n) is 7.92. The quantitative estimate of drug-likeness (QED) is 0.770. The zero-order chi connectivity index (χ0) is 9.97. The third kappa shape index (κ3) is 2.35. The summed E-state index contributed by atoms with van der Waals surface area (Å²) in [5, 5.41) is 0. The van der Waals surface area contributed by atoms with Crippen LogP contribution in [0.25, 0.3) is 11.1 Å². The van der Waals surface area contributed by atoms with E-state index in [1.165, 1.54) is 0 Å². The van der Waals surface area contributed by atoms with E-state index in [4.69, 9.17) is 11.5 Å². The largest absolute Gasteiger partial charge is 0.383 e. The molecule has 0 atom stereocenters. The topological polar surface area (TPSA) is 77.8 Å². The molecule has 0 fully saturated rings. The van der Waals surface area contributed by atoms with Crippen LogP contribution < -0.4 is 11.5 Å². The van der Waals surface area contributed by atoms with Gasteiger partial charge >= 0.3 is 0 Å². The zero-order valence-corrected chi connectivity index (χ0v) is 8.74. The molecule has 4 nitrogen and oxygen atoms in total. The average molecular weight is 223 g/mol. The Morgan fingerprint density at radius 3 is 2.27 bits per heavy atom. The van der Waals surface area contributed by atoms with Crippen LogP contribution in [-0.4, -0.2) is 9.97 Å². The molecule has 0 spiro atoms. The Kier molecular flexibility index (Phi) is 3.46. The first-order valence-electron chi connectivity index (χ1n) is 4.21. The van der Waals surface area contributed by atoms with Crippen LogP contribution >= 0.6 is 12.4 Å². The molecule has 0 aliphatic heterocycles. The molecule has 0 saturated heterocycles. The van der Waals surface area contributed by atoms with E-state index in [-0.39, 0.29) is 18.4 Å². The van der Waals surface area contributed by atoms with Gasteiger partial charge in [0.2, 0.25) is 5.95 Å². The Labute approximate surface area is 93.8 Å². The van der Waals surface area contributed by atoms with Crippen molar-refractivity contribution in [3.05, 3.63) is 36.5 Å². The molecule has 0 amide bonds. The Bertz CT molecular complexity index is 444. The van der Waals surface area contributed by atoms with Crippen molar-refractivity contribution >= 4 is 24.2 Å². The number of aromatic nitrogens is 2. The van der Waals surface area contributed by atoms with Crippen molar-refractivity contribution in [2.45, 2.75) is 0 Å². The maximum atomic E-state index is 5.72. The maximum Gasteiger partial charge on any atom is 0.221 e. The van der Waals surface area contributed by atoms with Gasteiger partial charge in [0.25, 0.3) is 0 Å². The van der Waals surface area contributed by atoms with Crippen LogP contribution in [0.1, 0.15) is 0 Å². The lowest BCUT2D eigenvalue weighted by molar-refractivity contribution is 1.20. The molecule has 0 aliphatic carbocycles. The normalized spacial score (nSPS) is 9.33. The molecule has 0 bridgehead atoms. The number of nitrogens with two attached hydrogens (primary N) is 2. The van der Waals surface area contributed by atoms with Crippen LogP contribution in [-0.2, 0) is 0 Å². The number of rotatable bonds is 1. The first kappa shape index (κ1) is 11.3. The van der Waals surface area contributed by atoms with Crippen molar-refractivity contribution in [1.29, 1.82) is 0 Å². The van der Waals surface area contributed by atoms with Gasteiger partial charge in [-0.15, -0.1) is 12.4 Å².